The van der Waals surface area contributed by atoms with Crippen LogP contribution in [0.5, 0.6) is 0 Å². The van der Waals surface area contributed by atoms with Gasteiger partial charge in [0.1, 0.15) is 5.52 Å². The van der Waals surface area contributed by atoms with Crippen LogP contribution in [-0.4, -0.2) is 23.3 Å². The lowest BCUT2D eigenvalue weighted by Gasteiger charge is -2.11. The quantitative estimate of drug-likeness (QED) is 0.659. The molecule has 138 valence electrons. The molecule has 0 saturated heterocycles. The first kappa shape index (κ1) is 17.3. The van der Waals surface area contributed by atoms with E-state index in [-0.39, 0.29) is 24.3 Å². The topological polar surface area (TPSA) is 84.2 Å². The van der Waals surface area contributed by atoms with E-state index in [4.69, 9.17) is 4.42 Å². The zero-order valence-electron chi connectivity index (χ0n) is 15.1. The highest BCUT2D eigenvalue weighted by atomic mass is 16.3. The molecule has 2 aromatic carbocycles. The van der Waals surface area contributed by atoms with E-state index in [1.807, 2.05) is 43.3 Å². The number of aryl methyl sites for hydroxylation is 2. The molecule has 0 spiro atoms. The third-order valence-electron chi connectivity index (χ3n) is 4.75. The van der Waals surface area contributed by atoms with Gasteiger partial charge in [-0.1, -0.05) is 24.3 Å². The summed E-state index contributed by atoms with van der Waals surface area (Å²) < 4.78 is 5.74. The van der Waals surface area contributed by atoms with Gasteiger partial charge >= 0.3 is 0 Å². The highest BCUT2D eigenvalue weighted by molar-refractivity contribution is 5.99. The maximum atomic E-state index is 12.2. The highest BCUT2D eigenvalue weighted by Crippen LogP contribution is 2.27. The van der Waals surface area contributed by atoms with Crippen molar-refractivity contribution >= 4 is 22.9 Å². The Labute approximate surface area is 157 Å². The molecule has 4 rings (SSSR count). The molecule has 0 unspecified atom stereocenters. The summed E-state index contributed by atoms with van der Waals surface area (Å²) in [6.45, 7) is 2.56. The summed E-state index contributed by atoms with van der Waals surface area (Å²) in [5.74, 6) is 0.488. The van der Waals surface area contributed by atoms with Gasteiger partial charge in [-0.05, 0) is 42.7 Å². The van der Waals surface area contributed by atoms with Gasteiger partial charge in [0.2, 0.25) is 5.91 Å². The molecule has 6 heteroatoms. The van der Waals surface area contributed by atoms with E-state index in [9.17, 15) is 9.59 Å². The molecular weight excluding hydrogens is 342 g/mol. The summed E-state index contributed by atoms with van der Waals surface area (Å²) in [5, 5.41) is 5.77. The number of oxazole rings is 1. The maximum absolute atomic E-state index is 12.2. The van der Waals surface area contributed by atoms with E-state index in [1.54, 1.807) is 6.07 Å². The molecule has 27 heavy (non-hydrogen) atoms. The summed E-state index contributed by atoms with van der Waals surface area (Å²) in [7, 11) is 0. The summed E-state index contributed by atoms with van der Waals surface area (Å²) in [5.41, 5.74) is 4.33. The first-order valence-corrected chi connectivity index (χ1v) is 9.13. The smallest absolute Gasteiger partial charge is 0.252 e. The van der Waals surface area contributed by atoms with Crippen molar-refractivity contribution in [2.24, 2.45) is 0 Å². The van der Waals surface area contributed by atoms with Crippen LogP contribution >= 0.6 is 0 Å². The lowest BCUT2D eigenvalue weighted by Crippen LogP contribution is -2.29. The van der Waals surface area contributed by atoms with Gasteiger partial charge in [-0.25, -0.2) is 4.98 Å². The number of benzene rings is 2. The van der Waals surface area contributed by atoms with Crippen LogP contribution in [0.4, 0.5) is 0 Å². The summed E-state index contributed by atoms with van der Waals surface area (Å²) in [6, 6.07) is 13.1. The fourth-order valence-corrected chi connectivity index (χ4v) is 3.39. The number of nitrogens with zero attached hydrogens (tertiary/aromatic N) is 1. The zero-order valence-corrected chi connectivity index (χ0v) is 15.1. The first-order chi connectivity index (χ1) is 13.1. The van der Waals surface area contributed by atoms with Crippen molar-refractivity contribution in [3.05, 3.63) is 65.0 Å². The van der Waals surface area contributed by atoms with Crippen molar-refractivity contribution in [2.75, 3.05) is 6.54 Å². The van der Waals surface area contributed by atoms with Crippen molar-refractivity contribution < 1.29 is 14.0 Å². The molecule has 1 aliphatic rings. The predicted octanol–water partition coefficient (Wildman–Crippen LogP) is 3.06. The largest absolute Gasteiger partial charge is 0.441 e. The van der Waals surface area contributed by atoms with Crippen LogP contribution in [0.25, 0.3) is 11.1 Å². The highest BCUT2D eigenvalue weighted by Gasteiger charge is 2.29. The average molecular weight is 363 g/mol. The normalized spacial score (nSPS) is 15.6. The van der Waals surface area contributed by atoms with E-state index in [0.29, 0.717) is 24.4 Å². The van der Waals surface area contributed by atoms with Gasteiger partial charge in [0.15, 0.2) is 11.5 Å². The zero-order chi connectivity index (χ0) is 18.8. The number of carbonyl (C=O) groups is 2. The van der Waals surface area contributed by atoms with Crippen molar-refractivity contribution in [3.8, 4) is 0 Å². The van der Waals surface area contributed by atoms with Crippen LogP contribution in [0.3, 0.4) is 0 Å². The van der Waals surface area contributed by atoms with Crippen LogP contribution in [-0.2, 0) is 11.2 Å². The SMILES string of the molecule is Cc1ccc2nc(CCCNC(=O)C[C@H]3NC(=O)c4ccccc43)oc2c1. The standard InChI is InChI=1S/C21H21N3O3/c1-13-8-9-16-18(11-13)27-20(23-16)7-4-10-22-19(25)12-17-14-5-2-3-6-15(14)21(26)24-17/h2-3,5-6,8-9,11,17H,4,7,10,12H2,1H3,(H,22,25)(H,24,26)/t17-/m1/s1. The number of amides is 2. The second-order valence-corrected chi connectivity index (χ2v) is 6.85. The minimum atomic E-state index is -0.256. The Balaban J connectivity index is 1.26. The fourth-order valence-electron chi connectivity index (χ4n) is 3.39. The maximum Gasteiger partial charge on any atom is 0.252 e. The molecule has 0 bridgehead atoms. The molecule has 1 aliphatic heterocycles. The fraction of sp³-hybridized carbons (Fsp3) is 0.286. The van der Waals surface area contributed by atoms with Crippen molar-refractivity contribution in [1.82, 2.24) is 15.6 Å². The Bertz CT molecular complexity index is 1010. The van der Waals surface area contributed by atoms with E-state index in [1.165, 1.54) is 0 Å². The predicted molar refractivity (Wildman–Crippen MR) is 101 cm³/mol. The van der Waals surface area contributed by atoms with Gasteiger partial charge in [-0.2, -0.15) is 0 Å². The lowest BCUT2D eigenvalue weighted by molar-refractivity contribution is -0.121. The Morgan fingerprint density at radius 2 is 2.11 bits per heavy atom. The molecule has 0 aliphatic carbocycles. The number of nitrogens with one attached hydrogen (secondary N) is 2. The van der Waals surface area contributed by atoms with E-state index in [0.717, 1.165) is 28.6 Å². The van der Waals surface area contributed by atoms with Gasteiger partial charge in [-0.3, -0.25) is 9.59 Å². The first-order valence-electron chi connectivity index (χ1n) is 9.13. The van der Waals surface area contributed by atoms with E-state index in [2.05, 4.69) is 15.6 Å². The van der Waals surface area contributed by atoms with Crippen LogP contribution < -0.4 is 10.6 Å². The summed E-state index contributed by atoms with van der Waals surface area (Å²) in [6.07, 6.45) is 1.65. The third-order valence-corrected chi connectivity index (χ3v) is 4.75. The lowest BCUT2D eigenvalue weighted by atomic mass is 10.0. The molecule has 6 nitrogen and oxygen atoms in total. The van der Waals surface area contributed by atoms with Crippen LogP contribution in [0.2, 0.25) is 0 Å². The number of hydrogen-bond donors (Lipinski definition) is 2. The monoisotopic (exact) mass is 363 g/mol. The van der Waals surface area contributed by atoms with E-state index >= 15 is 0 Å². The third kappa shape index (κ3) is 3.69. The summed E-state index contributed by atoms with van der Waals surface area (Å²) in [4.78, 5) is 28.6. The van der Waals surface area contributed by atoms with Crippen LogP contribution in [0.15, 0.2) is 46.9 Å². The minimum Gasteiger partial charge on any atom is -0.441 e. The van der Waals surface area contributed by atoms with Crippen molar-refractivity contribution in [1.29, 1.82) is 0 Å². The number of carbonyl (C=O) groups excluding carboxylic acids is 2. The van der Waals surface area contributed by atoms with Gasteiger partial charge in [-0.15, -0.1) is 0 Å². The second-order valence-electron chi connectivity index (χ2n) is 6.85. The number of hydrogen-bond acceptors (Lipinski definition) is 4. The molecule has 0 fully saturated rings. The molecule has 2 amide bonds. The Morgan fingerprint density at radius 3 is 3.00 bits per heavy atom. The molecule has 2 heterocycles. The molecule has 1 aromatic heterocycles. The number of fused-ring (bicyclic) bond motifs is 2. The molecule has 0 radical (unpaired) electrons. The average Bonchev–Trinajstić information content (AvgIpc) is 3.19. The summed E-state index contributed by atoms with van der Waals surface area (Å²) >= 11 is 0. The molecule has 0 saturated carbocycles. The van der Waals surface area contributed by atoms with Gasteiger partial charge in [0.25, 0.3) is 5.91 Å². The Kier molecular flexibility index (Phi) is 4.62. The van der Waals surface area contributed by atoms with E-state index < -0.39 is 0 Å². The van der Waals surface area contributed by atoms with Crippen LogP contribution in [0, 0.1) is 6.92 Å². The molecule has 3 aromatic rings. The van der Waals surface area contributed by atoms with Gasteiger partial charge in [0.05, 0.1) is 12.5 Å². The second kappa shape index (κ2) is 7.23. The van der Waals surface area contributed by atoms with Crippen LogP contribution in [0.1, 0.15) is 46.3 Å². The Morgan fingerprint density at radius 1 is 1.26 bits per heavy atom. The molecule has 2 N–H and O–H groups in total. The van der Waals surface area contributed by atoms with Gasteiger partial charge in [0, 0.05) is 18.5 Å². The molecule has 1 atom stereocenters. The van der Waals surface area contributed by atoms with Crippen molar-refractivity contribution in [2.45, 2.75) is 32.2 Å². The number of aromatic nitrogens is 1. The minimum absolute atomic E-state index is 0.0785. The molecular formula is C21H21N3O3. The number of rotatable bonds is 6. The van der Waals surface area contributed by atoms with Crippen molar-refractivity contribution in [3.63, 3.8) is 0 Å². The Hall–Kier alpha value is -3.15. The van der Waals surface area contributed by atoms with Gasteiger partial charge < -0.3 is 15.1 Å².